The van der Waals surface area contributed by atoms with E-state index in [0.717, 1.165) is 51.4 Å². The van der Waals surface area contributed by atoms with Gasteiger partial charge >= 0.3 is 226 Å². The van der Waals surface area contributed by atoms with Crippen LogP contribution >= 0.6 is 0 Å². The van der Waals surface area contributed by atoms with Gasteiger partial charge in [0.2, 0.25) is 0 Å². The summed E-state index contributed by atoms with van der Waals surface area (Å²) in [6.07, 6.45) is 7.67. The first-order valence-corrected chi connectivity index (χ1v) is 23.5. The Balaban J connectivity index is 0. The van der Waals surface area contributed by atoms with Crippen molar-refractivity contribution in [2.75, 3.05) is 52.9 Å². The molecule has 0 amide bonds. The molecule has 10 heteroatoms. The van der Waals surface area contributed by atoms with E-state index in [-0.39, 0.29) is 0 Å². The summed E-state index contributed by atoms with van der Waals surface area (Å²) in [4.78, 5) is 0. The third-order valence-corrected chi connectivity index (χ3v) is 17.4. The van der Waals surface area contributed by atoms with Gasteiger partial charge in [0, 0.05) is 0 Å². The van der Waals surface area contributed by atoms with Gasteiger partial charge in [-0.3, -0.25) is 0 Å². The molecule has 0 N–H and O–H groups in total. The molecule has 0 rings (SSSR count). The predicted octanol–water partition coefficient (Wildman–Crippen LogP) is 7.01. The van der Waals surface area contributed by atoms with Gasteiger partial charge in [-0.2, -0.15) is 0 Å². The topological polar surface area (TPSA) is 73.8 Å². The summed E-state index contributed by atoms with van der Waals surface area (Å²) < 4.78 is 46.7. The Morgan fingerprint density at radius 2 is 0.559 bits per heavy atom. The third kappa shape index (κ3) is 20.5. The van der Waals surface area contributed by atoms with Gasteiger partial charge in [0.15, 0.2) is 0 Å². The van der Waals surface area contributed by atoms with Gasteiger partial charge in [0.25, 0.3) is 0 Å². The molecule has 0 aromatic rings. The molecule has 0 aliphatic rings. The minimum atomic E-state index is -3.83. The molecule has 0 aromatic carbocycles. The van der Waals surface area contributed by atoms with Gasteiger partial charge in [-0.25, -0.2) is 0 Å². The van der Waals surface area contributed by atoms with Crippen LogP contribution in [0.15, 0.2) is 0 Å². The fraction of sp³-hybridized carbons (Fsp3) is 1.00. The molecule has 0 atom stereocenters. The van der Waals surface area contributed by atoms with Crippen molar-refractivity contribution in [3.05, 3.63) is 0 Å². The van der Waals surface area contributed by atoms with Crippen LogP contribution < -0.4 is 0 Å². The van der Waals surface area contributed by atoms with Crippen molar-refractivity contribution in [2.24, 2.45) is 0 Å². The average molecular weight is 742 g/mol. The summed E-state index contributed by atoms with van der Waals surface area (Å²) in [5.41, 5.74) is 0. The Morgan fingerprint density at radius 1 is 0.353 bits per heavy atom. The van der Waals surface area contributed by atoms with Crippen molar-refractivity contribution in [3.63, 3.8) is 0 Å². The number of rotatable bonds is 24. The molecule has 0 unspecified atom stereocenters. The molecule has 208 valence electrons. The molecule has 0 radical (unpaired) electrons. The second-order valence-electron chi connectivity index (χ2n) is 7.79. The van der Waals surface area contributed by atoms with Gasteiger partial charge in [0.1, 0.15) is 0 Å². The van der Waals surface area contributed by atoms with Gasteiger partial charge < -0.3 is 0 Å². The normalized spacial score (nSPS) is 12.0. The quantitative estimate of drug-likeness (QED) is 0.0979. The fourth-order valence-corrected chi connectivity index (χ4v) is 16.3. The Morgan fingerprint density at radius 3 is 0.735 bits per heavy atom. The zero-order valence-corrected chi connectivity index (χ0v) is 29.6. The van der Waals surface area contributed by atoms with Crippen molar-refractivity contribution in [3.8, 4) is 0 Å². The van der Waals surface area contributed by atoms with E-state index in [1.54, 1.807) is 0 Å². The fourth-order valence-electron chi connectivity index (χ4n) is 2.32. The van der Waals surface area contributed by atoms with E-state index < -0.39 is 43.7 Å². The second-order valence-corrected chi connectivity index (χ2v) is 20.8. The molecule has 0 saturated carbocycles. The molecule has 0 heterocycles. The third-order valence-electron chi connectivity index (χ3n) is 3.86. The Hall–Kier alpha value is 1.43. The zero-order valence-electron chi connectivity index (χ0n) is 23.6. The molecule has 0 spiro atoms. The van der Waals surface area contributed by atoms with E-state index in [9.17, 15) is 0 Å². The number of hydrogen-bond acceptors (Lipinski definition) is 8. The predicted molar refractivity (Wildman–Crippen MR) is 130 cm³/mol. The summed E-state index contributed by atoms with van der Waals surface area (Å²) in [5.74, 6) is 0. The Labute approximate surface area is 224 Å². The molecule has 0 fully saturated rings. The summed E-state index contributed by atoms with van der Waals surface area (Å²) >= 11 is -7.52. The SMILES string of the molecule is CCC[O][Hf]([O]CCC)([O]CCC)[O]CCC.CCC[O][Zr]([O]CCC)([O]CCC)[O]CCC. The molecular formula is C24H56HfO8Zr. The van der Waals surface area contributed by atoms with Crippen molar-refractivity contribution >= 4 is 0 Å². The van der Waals surface area contributed by atoms with E-state index in [1.165, 1.54) is 0 Å². The van der Waals surface area contributed by atoms with Crippen LogP contribution in [-0.2, 0) is 66.4 Å². The van der Waals surface area contributed by atoms with Crippen LogP contribution in [0.4, 0.5) is 0 Å². The molecule has 0 aliphatic carbocycles. The van der Waals surface area contributed by atoms with Gasteiger partial charge in [0.05, 0.1) is 0 Å². The van der Waals surface area contributed by atoms with E-state index in [1.807, 2.05) is 0 Å². The average Bonchev–Trinajstić information content (AvgIpc) is 2.87. The molecule has 8 nitrogen and oxygen atoms in total. The van der Waals surface area contributed by atoms with Crippen LogP contribution in [0, 0.1) is 0 Å². The van der Waals surface area contributed by atoms with E-state index in [4.69, 9.17) is 22.7 Å². The molecule has 0 aromatic heterocycles. The van der Waals surface area contributed by atoms with E-state index in [0.29, 0.717) is 52.9 Å². The molecule has 34 heavy (non-hydrogen) atoms. The van der Waals surface area contributed by atoms with Crippen molar-refractivity contribution in [1.82, 2.24) is 0 Å². The van der Waals surface area contributed by atoms with Crippen LogP contribution in [0.1, 0.15) is 107 Å². The van der Waals surface area contributed by atoms with Crippen LogP contribution in [0.3, 0.4) is 0 Å². The number of hydrogen-bond donors (Lipinski definition) is 0. The van der Waals surface area contributed by atoms with Gasteiger partial charge in [-0.05, 0) is 0 Å². The van der Waals surface area contributed by atoms with Crippen LogP contribution in [-0.4, -0.2) is 52.9 Å². The molecule has 0 bridgehead atoms. The van der Waals surface area contributed by atoms with Crippen LogP contribution in [0.25, 0.3) is 0 Å². The molecule has 0 aliphatic heterocycles. The van der Waals surface area contributed by atoms with Crippen molar-refractivity contribution < 1.29 is 66.4 Å². The zero-order chi connectivity index (χ0) is 26.0. The van der Waals surface area contributed by atoms with Crippen LogP contribution in [0.5, 0.6) is 0 Å². The Bertz CT molecular complexity index is 296. The summed E-state index contributed by atoms with van der Waals surface area (Å²) in [7, 11) is 0. The van der Waals surface area contributed by atoms with Gasteiger partial charge in [-0.1, -0.05) is 0 Å². The summed E-state index contributed by atoms with van der Waals surface area (Å²) in [6.45, 7) is 21.9. The van der Waals surface area contributed by atoms with Crippen LogP contribution in [0.2, 0.25) is 0 Å². The van der Waals surface area contributed by atoms with E-state index in [2.05, 4.69) is 55.4 Å². The molecular weight excluding hydrogens is 686 g/mol. The standard InChI is InChI=1S/8C3H7O.Hf.Zr/c8*1-2-3-4;;/h8*2-3H2,1H3;;/q8*-1;2*+4. The summed E-state index contributed by atoms with van der Waals surface area (Å²) in [5, 5.41) is 0. The monoisotopic (exact) mass is 742 g/mol. The van der Waals surface area contributed by atoms with Crippen molar-refractivity contribution in [2.45, 2.75) is 107 Å². The van der Waals surface area contributed by atoms with Crippen molar-refractivity contribution in [1.29, 1.82) is 0 Å². The maximum absolute atomic E-state index is 5.84. The first-order valence-electron chi connectivity index (χ1n) is 13.6. The second kappa shape index (κ2) is 27.5. The summed E-state index contributed by atoms with van der Waals surface area (Å²) in [6, 6.07) is 0. The van der Waals surface area contributed by atoms with E-state index >= 15 is 0 Å². The first-order chi connectivity index (χ1) is 16.5. The molecule has 0 saturated heterocycles. The Kier molecular flexibility index (Phi) is 30.4. The first kappa shape index (κ1) is 37.6. The van der Waals surface area contributed by atoms with Gasteiger partial charge in [-0.15, -0.1) is 0 Å². The maximum atomic E-state index is 5.84. The minimum absolute atomic E-state index is 0.660.